The van der Waals surface area contributed by atoms with Crippen LogP contribution in [0.15, 0.2) is 97.1 Å². The van der Waals surface area contributed by atoms with Crippen molar-refractivity contribution in [3.05, 3.63) is 125 Å². The average Bonchev–Trinajstić information content (AvgIpc) is 2.85. The molecule has 0 radical (unpaired) electrons. The largest absolute Gasteiger partial charge is 0.238 e. The highest BCUT2D eigenvalue weighted by Gasteiger charge is 2.42. The molecule has 3 heteroatoms. The Morgan fingerprint density at radius 3 is 1.91 bits per heavy atom. The molecule has 0 saturated heterocycles. The quantitative estimate of drug-likeness (QED) is 0.239. The van der Waals surface area contributed by atoms with Gasteiger partial charge in [-0.05, 0) is 45.6 Å². The molecule has 0 fully saturated rings. The number of aryl methyl sites for hydroxylation is 1. The molecule has 0 bridgehead atoms. The standard InChI is InChI=1S/C31H28N2Si/c1-23-10-6-14-27(18-23)34(28-15-7-11-24(19-28)22-32,30-17-9-13-26(21-30)33-5)29-16-8-12-25(20-29)31(2,3)4/h6-21H,1-4H3. The molecule has 34 heavy (non-hydrogen) atoms. The maximum Gasteiger partial charge on any atom is 0.187 e. The van der Waals surface area contributed by atoms with Crippen LogP contribution in [-0.4, -0.2) is 8.07 Å². The second-order valence-electron chi connectivity index (χ2n) is 9.81. The molecule has 0 aliphatic carbocycles. The van der Waals surface area contributed by atoms with E-state index in [4.69, 9.17) is 6.57 Å². The summed E-state index contributed by atoms with van der Waals surface area (Å²) < 4.78 is 0. The molecule has 4 rings (SSSR count). The summed E-state index contributed by atoms with van der Waals surface area (Å²) in [5.41, 5.74) is 3.74. The van der Waals surface area contributed by atoms with E-state index < -0.39 is 8.07 Å². The van der Waals surface area contributed by atoms with Crippen LogP contribution in [0.5, 0.6) is 0 Å². The van der Waals surface area contributed by atoms with Gasteiger partial charge in [0.15, 0.2) is 13.8 Å². The van der Waals surface area contributed by atoms with E-state index in [1.165, 1.54) is 21.5 Å². The first-order chi connectivity index (χ1) is 16.3. The van der Waals surface area contributed by atoms with Gasteiger partial charge in [0, 0.05) is 0 Å². The van der Waals surface area contributed by atoms with E-state index in [1.807, 2.05) is 36.4 Å². The molecule has 1 atom stereocenters. The van der Waals surface area contributed by atoms with Gasteiger partial charge in [-0.2, -0.15) is 5.26 Å². The summed E-state index contributed by atoms with van der Waals surface area (Å²) in [6, 6.07) is 36.1. The van der Waals surface area contributed by atoms with Crippen molar-refractivity contribution < 1.29 is 0 Å². The molecular formula is C31H28N2Si. The molecule has 1 unspecified atom stereocenters. The minimum Gasteiger partial charge on any atom is -0.238 e. The van der Waals surface area contributed by atoms with Crippen LogP contribution in [0.25, 0.3) is 4.85 Å². The van der Waals surface area contributed by atoms with Crippen molar-refractivity contribution in [1.29, 1.82) is 5.26 Å². The zero-order valence-corrected chi connectivity index (χ0v) is 21.1. The molecule has 0 aliphatic rings. The lowest BCUT2D eigenvalue weighted by Gasteiger charge is -2.36. The normalized spacial score (nSPS) is 12.9. The Kier molecular flexibility index (Phi) is 6.25. The van der Waals surface area contributed by atoms with E-state index in [0.717, 1.165) is 10.4 Å². The first-order valence-electron chi connectivity index (χ1n) is 11.5. The Hall–Kier alpha value is -3.92. The summed E-state index contributed by atoms with van der Waals surface area (Å²) in [6.07, 6.45) is 0. The summed E-state index contributed by atoms with van der Waals surface area (Å²) in [7, 11) is -2.83. The Morgan fingerprint density at radius 1 is 0.735 bits per heavy atom. The van der Waals surface area contributed by atoms with Crippen LogP contribution in [0.3, 0.4) is 0 Å². The predicted octanol–water partition coefficient (Wildman–Crippen LogP) is 5.09. The van der Waals surface area contributed by atoms with E-state index in [2.05, 4.69) is 99.3 Å². The van der Waals surface area contributed by atoms with Crippen molar-refractivity contribution in [2.75, 3.05) is 0 Å². The van der Waals surface area contributed by atoms with Crippen molar-refractivity contribution in [2.24, 2.45) is 0 Å². The van der Waals surface area contributed by atoms with Crippen LogP contribution in [-0.2, 0) is 5.41 Å². The number of hydrogen-bond donors (Lipinski definition) is 0. The first-order valence-corrected chi connectivity index (χ1v) is 13.5. The second kappa shape index (κ2) is 9.14. The highest BCUT2D eigenvalue weighted by molar-refractivity contribution is 7.20. The Bertz CT molecular complexity index is 1370. The molecular weight excluding hydrogens is 428 g/mol. The molecule has 2 nitrogen and oxygen atoms in total. The van der Waals surface area contributed by atoms with Crippen molar-refractivity contribution in [3.8, 4) is 6.07 Å². The van der Waals surface area contributed by atoms with Crippen LogP contribution < -0.4 is 20.7 Å². The lowest BCUT2D eigenvalue weighted by Crippen LogP contribution is -2.75. The van der Waals surface area contributed by atoms with Crippen molar-refractivity contribution >= 4 is 34.5 Å². The van der Waals surface area contributed by atoms with Crippen molar-refractivity contribution in [3.63, 3.8) is 0 Å². The van der Waals surface area contributed by atoms with E-state index >= 15 is 0 Å². The fourth-order valence-electron chi connectivity index (χ4n) is 4.73. The SMILES string of the molecule is [C-]#[N+]c1cccc([Si](c2cccc(C)c2)(c2cccc(C#N)c2)c2cccc(C(C)(C)C)c2)c1. The molecule has 4 aromatic carbocycles. The summed E-state index contributed by atoms with van der Waals surface area (Å²) in [6.45, 7) is 16.5. The van der Waals surface area contributed by atoms with Crippen molar-refractivity contribution in [2.45, 2.75) is 33.1 Å². The van der Waals surface area contributed by atoms with Gasteiger partial charge in [0.05, 0.1) is 18.2 Å². The van der Waals surface area contributed by atoms with E-state index in [1.54, 1.807) is 0 Å². The number of rotatable bonds is 4. The molecule has 166 valence electrons. The maximum atomic E-state index is 9.74. The van der Waals surface area contributed by atoms with Gasteiger partial charge in [-0.15, -0.1) is 0 Å². The Balaban J connectivity index is 2.21. The third-order valence-corrected chi connectivity index (χ3v) is 11.2. The highest BCUT2D eigenvalue weighted by atomic mass is 28.3. The predicted molar refractivity (Wildman–Crippen MR) is 144 cm³/mol. The fourth-order valence-corrected chi connectivity index (χ4v) is 9.67. The fraction of sp³-hybridized carbons (Fsp3) is 0.161. The summed E-state index contributed by atoms with van der Waals surface area (Å²) in [5, 5.41) is 14.5. The zero-order valence-electron chi connectivity index (χ0n) is 20.1. The van der Waals surface area contributed by atoms with Gasteiger partial charge in [0.25, 0.3) is 0 Å². The first kappa shape index (κ1) is 23.2. The number of hydrogen-bond acceptors (Lipinski definition) is 1. The topological polar surface area (TPSA) is 28.1 Å². The van der Waals surface area contributed by atoms with Crippen molar-refractivity contribution in [1.82, 2.24) is 0 Å². The summed E-state index contributed by atoms with van der Waals surface area (Å²) in [4.78, 5) is 3.75. The summed E-state index contributed by atoms with van der Waals surface area (Å²) in [5.74, 6) is 0. The third-order valence-electron chi connectivity index (χ3n) is 6.45. The Labute approximate surface area is 204 Å². The second-order valence-corrected chi connectivity index (χ2v) is 13.6. The number of nitriles is 1. The molecule has 0 heterocycles. The molecule has 0 spiro atoms. The van der Waals surface area contributed by atoms with Gasteiger partial charge in [0.2, 0.25) is 0 Å². The van der Waals surface area contributed by atoms with Crippen LogP contribution in [0.2, 0.25) is 0 Å². The van der Waals surface area contributed by atoms with E-state index in [9.17, 15) is 5.26 Å². The number of benzene rings is 4. The van der Waals surface area contributed by atoms with Gasteiger partial charge in [0.1, 0.15) is 0 Å². The van der Waals surface area contributed by atoms with Crippen LogP contribution >= 0.6 is 0 Å². The molecule has 0 saturated carbocycles. The minimum atomic E-state index is -2.83. The summed E-state index contributed by atoms with van der Waals surface area (Å²) >= 11 is 0. The van der Waals surface area contributed by atoms with Gasteiger partial charge in [-0.3, -0.25) is 0 Å². The number of nitrogens with zero attached hydrogens (tertiary/aromatic N) is 2. The lowest BCUT2D eigenvalue weighted by molar-refractivity contribution is 0.591. The maximum absolute atomic E-state index is 9.74. The zero-order chi connectivity index (χ0) is 24.3. The van der Waals surface area contributed by atoms with Crippen LogP contribution in [0, 0.1) is 24.8 Å². The molecule has 0 amide bonds. The third kappa shape index (κ3) is 4.19. The van der Waals surface area contributed by atoms with Gasteiger partial charge in [-0.1, -0.05) is 116 Å². The van der Waals surface area contributed by atoms with Gasteiger partial charge < -0.3 is 0 Å². The monoisotopic (exact) mass is 456 g/mol. The highest BCUT2D eigenvalue weighted by Crippen LogP contribution is 2.23. The minimum absolute atomic E-state index is 0.00435. The van der Waals surface area contributed by atoms with E-state index in [-0.39, 0.29) is 5.41 Å². The molecule has 0 aliphatic heterocycles. The smallest absolute Gasteiger partial charge is 0.187 e. The molecule has 0 aromatic heterocycles. The van der Waals surface area contributed by atoms with Gasteiger partial charge in [-0.25, -0.2) is 4.85 Å². The van der Waals surface area contributed by atoms with Gasteiger partial charge >= 0.3 is 0 Å². The lowest BCUT2D eigenvalue weighted by atomic mass is 9.87. The average molecular weight is 457 g/mol. The van der Waals surface area contributed by atoms with Crippen LogP contribution in [0.4, 0.5) is 5.69 Å². The van der Waals surface area contributed by atoms with Crippen LogP contribution in [0.1, 0.15) is 37.5 Å². The molecule has 4 aromatic rings. The molecule has 0 N–H and O–H groups in total. The van der Waals surface area contributed by atoms with E-state index in [0.29, 0.717) is 11.3 Å². The Morgan fingerprint density at radius 2 is 1.29 bits per heavy atom.